The van der Waals surface area contributed by atoms with E-state index >= 15 is 0 Å². The zero-order valence-electron chi connectivity index (χ0n) is 7.84. The molecule has 0 spiro atoms. The van der Waals surface area contributed by atoms with Gasteiger partial charge in [0.25, 0.3) is 0 Å². The smallest absolute Gasteiger partial charge is 0.118 e. The van der Waals surface area contributed by atoms with E-state index in [-0.39, 0.29) is 0 Å². The Morgan fingerprint density at radius 2 is 2.17 bits per heavy atom. The van der Waals surface area contributed by atoms with Crippen LogP contribution in [0.15, 0.2) is 35.6 Å². The van der Waals surface area contributed by atoms with E-state index in [4.69, 9.17) is 4.74 Å². The number of hydrogen-bond acceptors (Lipinski definition) is 1. The number of hydrogen-bond donors (Lipinski definition) is 0. The molecule has 0 saturated carbocycles. The summed E-state index contributed by atoms with van der Waals surface area (Å²) in [5, 5.41) is 0. The van der Waals surface area contributed by atoms with Crippen molar-refractivity contribution in [3.05, 3.63) is 35.6 Å². The lowest BCUT2D eigenvalue weighted by atomic mass is 10.1. The number of rotatable bonds is 1. The molecule has 66 valence electrons. The average molecular weight is 164 g/mol. The molecule has 1 heterocycles. The lowest BCUT2D eigenvalue weighted by Crippen LogP contribution is -2.05. The van der Waals surface area contributed by atoms with Crippen LogP contribution in [0.3, 0.4) is 0 Å². The minimum Gasteiger partial charge on any atom is -0.494 e. The van der Waals surface area contributed by atoms with Crippen LogP contribution in [-0.4, -0.2) is 6.61 Å². The van der Waals surface area contributed by atoms with Gasteiger partial charge in [0.15, 0.2) is 0 Å². The molecule has 0 aromatic heterocycles. The maximum atomic E-state index is 5.50. The van der Waals surface area contributed by atoms with Crippen molar-refractivity contribution in [3.63, 3.8) is 0 Å². The van der Waals surface area contributed by atoms with Crippen LogP contribution in [0.1, 0.15) is 26.7 Å². The summed E-state index contributed by atoms with van der Waals surface area (Å²) >= 11 is 0. The molecule has 0 aromatic carbocycles. The van der Waals surface area contributed by atoms with Gasteiger partial charge in [0.05, 0.1) is 6.61 Å². The van der Waals surface area contributed by atoms with Gasteiger partial charge in [-0.25, -0.2) is 0 Å². The molecule has 1 aliphatic heterocycles. The molecule has 0 aromatic rings. The highest BCUT2D eigenvalue weighted by molar-refractivity contribution is 5.30. The first-order valence-electron chi connectivity index (χ1n) is 4.50. The molecular formula is C11H16O. The van der Waals surface area contributed by atoms with Crippen LogP contribution in [-0.2, 0) is 4.74 Å². The van der Waals surface area contributed by atoms with E-state index in [0.717, 1.165) is 25.2 Å². The van der Waals surface area contributed by atoms with Gasteiger partial charge in [-0.3, -0.25) is 0 Å². The molecule has 1 rings (SSSR count). The highest BCUT2D eigenvalue weighted by Crippen LogP contribution is 2.22. The van der Waals surface area contributed by atoms with E-state index in [0.29, 0.717) is 0 Å². The van der Waals surface area contributed by atoms with Crippen LogP contribution < -0.4 is 0 Å². The zero-order chi connectivity index (χ0) is 8.81. The Balaban J connectivity index is 2.71. The van der Waals surface area contributed by atoms with E-state index in [1.807, 2.05) is 26.0 Å². The summed E-state index contributed by atoms with van der Waals surface area (Å²) in [5.41, 5.74) is 1.32. The molecular weight excluding hydrogens is 148 g/mol. The van der Waals surface area contributed by atoms with Gasteiger partial charge in [0.2, 0.25) is 0 Å². The Hall–Kier alpha value is -0.980. The average Bonchev–Trinajstić information content (AvgIpc) is 2.15. The van der Waals surface area contributed by atoms with E-state index in [9.17, 15) is 0 Å². The van der Waals surface area contributed by atoms with Crippen molar-refractivity contribution in [1.29, 1.82) is 0 Å². The minimum absolute atomic E-state index is 0.868. The molecule has 1 nitrogen and oxygen atoms in total. The minimum atomic E-state index is 0.868. The van der Waals surface area contributed by atoms with Crippen molar-refractivity contribution in [2.45, 2.75) is 26.7 Å². The Labute approximate surface area is 74.4 Å². The standard InChI is InChI=1S/C11H16O/c1-3-5-7-10-8-6-9-12-11(10)4-2/h3-5,7H,6,8-9H2,1-2H3/b5-3-,10-7-,11-4-. The zero-order valence-corrected chi connectivity index (χ0v) is 7.84. The molecule has 0 aliphatic carbocycles. The second kappa shape index (κ2) is 4.81. The third-order valence-electron chi connectivity index (χ3n) is 1.92. The fourth-order valence-corrected chi connectivity index (χ4v) is 1.31. The van der Waals surface area contributed by atoms with Gasteiger partial charge in [-0.15, -0.1) is 0 Å². The Bertz CT molecular complexity index is 221. The number of allylic oxidation sites excluding steroid dienone is 5. The van der Waals surface area contributed by atoms with Crippen molar-refractivity contribution >= 4 is 0 Å². The molecule has 1 heteroatoms. The van der Waals surface area contributed by atoms with Crippen LogP contribution in [0.2, 0.25) is 0 Å². The van der Waals surface area contributed by atoms with Crippen molar-refractivity contribution in [3.8, 4) is 0 Å². The predicted octanol–water partition coefficient (Wildman–Crippen LogP) is 3.20. The quantitative estimate of drug-likeness (QED) is 0.578. The monoisotopic (exact) mass is 164 g/mol. The molecule has 0 atom stereocenters. The van der Waals surface area contributed by atoms with Gasteiger partial charge in [0, 0.05) is 0 Å². The van der Waals surface area contributed by atoms with Gasteiger partial charge in [0.1, 0.15) is 5.76 Å². The summed E-state index contributed by atoms with van der Waals surface area (Å²) in [4.78, 5) is 0. The van der Waals surface area contributed by atoms with Crippen molar-refractivity contribution in [1.82, 2.24) is 0 Å². The summed E-state index contributed by atoms with van der Waals surface area (Å²) in [6, 6.07) is 0. The predicted molar refractivity (Wildman–Crippen MR) is 51.8 cm³/mol. The third kappa shape index (κ3) is 2.26. The molecule has 0 unspecified atom stereocenters. The molecule has 12 heavy (non-hydrogen) atoms. The summed E-state index contributed by atoms with van der Waals surface area (Å²) in [5.74, 6) is 1.05. The van der Waals surface area contributed by atoms with E-state index in [1.165, 1.54) is 5.57 Å². The van der Waals surface area contributed by atoms with Crippen LogP contribution >= 0.6 is 0 Å². The van der Waals surface area contributed by atoms with Gasteiger partial charge >= 0.3 is 0 Å². The molecule has 1 saturated heterocycles. The Morgan fingerprint density at radius 3 is 2.83 bits per heavy atom. The first-order valence-corrected chi connectivity index (χ1v) is 4.50. The summed E-state index contributed by atoms with van der Waals surface area (Å²) in [7, 11) is 0. The van der Waals surface area contributed by atoms with Crippen LogP contribution in [0.25, 0.3) is 0 Å². The normalized spacial score (nSPS) is 25.2. The number of ether oxygens (including phenoxy) is 1. The lowest BCUT2D eigenvalue weighted by Gasteiger charge is -2.18. The fourth-order valence-electron chi connectivity index (χ4n) is 1.31. The first-order chi connectivity index (χ1) is 5.88. The first kappa shape index (κ1) is 9.11. The SMILES string of the molecule is C\C=C/C=C1/CCCO/C1=C\C. The fraction of sp³-hybridized carbons (Fsp3) is 0.455. The van der Waals surface area contributed by atoms with Gasteiger partial charge in [-0.05, 0) is 38.3 Å². The van der Waals surface area contributed by atoms with E-state index in [1.54, 1.807) is 0 Å². The lowest BCUT2D eigenvalue weighted by molar-refractivity contribution is 0.193. The Morgan fingerprint density at radius 1 is 1.33 bits per heavy atom. The molecule has 0 N–H and O–H groups in total. The largest absolute Gasteiger partial charge is 0.494 e. The van der Waals surface area contributed by atoms with Crippen molar-refractivity contribution < 1.29 is 4.74 Å². The molecule has 0 bridgehead atoms. The maximum Gasteiger partial charge on any atom is 0.118 e. The summed E-state index contributed by atoms with van der Waals surface area (Å²) in [6.07, 6.45) is 10.6. The highest BCUT2D eigenvalue weighted by Gasteiger charge is 2.10. The van der Waals surface area contributed by atoms with Crippen LogP contribution in [0, 0.1) is 0 Å². The maximum absolute atomic E-state index is 5.50. The summed E-state index contributed by atoms with van der Waals surface area (Å²) in [6.45, 7) is 4.91. The highest BCUT2D eigenvalue weighted by atomic mass is 16.5. The van der Waals surface area contributed by atoms with Crippen molar-refractivity contribution in [2.75, 3.05) is 6.61 Å². The van der Waals surface area contributed by atoms with Crippen molar-refractivity contribution in [2.24, 2.45) is 0 Å². The van der Waals surface area contributed by atoms with Crippen LogP contribution in [0.5, 0.6) is 0 Å². The topological polar surface area (TPSA) is 9.23 Å². The Kier molecular flexibility index (Phi) is 3.65. The van der Waals surface area contributed by atoms with Gasteiger partial charge < -0.3 is 4.74 Å². The molecule has 1 fully saturated rings. The molecule has 0 amide bonds. The van der Waals surface area contributed by atoms with E-state index in [2.05, 4.69) is 12.2 Å². The second-order valence-corrected chi connectivity index (χ2v) is 2.82. The molecule has 1 aliphatic rings. The van der Waals surface area contributed by atoms with Gasteiger partial charge in [-0.2, -0.15) is 0 Å². The summed E-state index contributed by atoms with van der Waals surface area (Å²) < 4.78 is 5.50. The van der Waals surface area contributed by atoms with Crippen LogP contribution in [0.4, 0.5) is 0 Å². The molecule has 0 radical (unpaired) electrons. The van der Waals surface area contributed by atoms with E-state index < -0.39 is 0 Å². The third-order valence-corrected chi connectivity index (χ3v) is 1.92. The van der Waals surface area contributed by atoms with Gasteiger partial charge in [-0.1, -0.05) is 18.2 Å². The second-order valence-electron chi connectivity index (χ2n) is 2.82.